The highest BCUT2D eigenvalue weighted by atomic mass is 32.2. The fraction of sp³-hybridized carbons (Fsp3) is 0.525. The van der Waals surface area contributed by atoms with Crippen LogP contribution in [0, 0.1) is 19.7 Å². The highest BCUT2D eigenvalue weighted by molar-refractivity contribution is 7.92. The van der Waals surface area contributed by atoms with Gasteiger partial charge in [0.1, 0.15) is 45.9 Å². The normalized spacial score (nSPS) is 20.1. The summed E-state index contributed by atoms with van der Waals surface area (Å²) in [6.07, 6.45) is 5.69. The van der Waals surface area contributed by atoms with Crippen molar-refractivity contribution in [2.75, 3.05) is 107 Å². The molecule has 3 atom stereocenters. The number of sulfone groups is 1. The van der Waals surface area contributed by atoms with Crippen LogP contribution in [0.15, 0.2) is 70.9 Å². The Morgan fingerprint density at radius 2 is 1.68 bits per heavy atom. The molecule has 0 saturated carbocycles. The molecule has 82 heavy (non-hydrogen) atoms. The second-order valence-electron chi connectivity index (χ2n) is 24.3. The van der Waals surface area contributed by atoms with Crippen molar-refractivity contribution in [2.45, 2.75) is 108 Å². The number of aromatic amines is 1. The van der Waals surface area contributed by atoms with Gasteiger partial charge in [-0.15, -0.1) is 0 Å². The average molecular weight is 1140 g/mol. The Morgan fingerprint density at radius 3 is 2.37 bits per heavy atom. The maximum absolute atomic E-state index is 14.5. The molecule has 21 nitrogen and oxygen atoms in total. The minimum absolute atomic E-state index is 0.0000303. The molecule has 10 rings (SSSR count). The standard InChI is InChI=1S/C59H78FN15O6S/c1-37-31-74(34-52(76)75-35-59(8,9)53-48(75)25-42(56(77)69(53)10)24-41-12-14-43(60)15-13-41)44(28-61-37)33-72-21-22-73(32-38(72)2)51-30-62-47(29-63-51)57(78)71-19-17-70(18-20-71)16-11-23-81-49-27-46-45(26-50(49)82(79,80)58(5,6)7)55(65-36-64-46)66-54-39(3)40(4)67-68-54/h12-15,25-27,29-30,36-38,44,61H,11,16-24,28,31-35H2,1-10H3,(H2,64,65,66,67,68)/t37-,38?,44-/m1/s1. The minimum Gasteiger partial charge on any atom is -0.492 e. The van der Waals surface area contributed by atoms with E-state index in [2.05, 4.69) is 83.1 Å². The summed E-state index contributed by atoms with van der Waals surface area (Å²) in [6.45, 7) is 25.9. The van der Waals surface area contributed by atoms with Gasteiger partial charge in [-0.25, -0.2) is 32.7 Å². The fourth-order valence-corrected chi connectivity index (χ4v) is 13.2. The third kappa shape index (κ3) is 12.1. The zero-order valence-electron chi connectivity index (χ0n) is 48.9. The van der Waals surface area contributed by atoms with E-state index in [1.165, 1.54) is 18.5 Å². The number of rotatable bonds is 16. The Kier molecular flexibility index (Phi) is 16.6. The van der Waals surface area contributed by atoms with Crippen molar-refractivity contribution in [1.82, 2.24) is 59.6 Å². The highest BCUT2D eigenvalue weighted by Crippen LogP contribution is 2.41. The number of carbonyl (C=O) groups is 2. The Labute approximate surface area is 479 Å². The average Bonchev–Trinajstić information content (AvgIpc) is 3.87. The summed E-state index contributed by atoms with van der Waals surface area (Å²) in [6, 6.07) is 11.8. The number of halogens is 1. The molecular formula is C59H78FN15O6S. The lowest BCUT2D eigenvalue weighted by Gasteiger charge is -2.46. The number of piperazine rings is 3. The molecule has 23 heteroatoms. The van der Waals surface area contributed by atoms with Gasteiger partial charge in [0, 0.05) is 138 Å². The van der Waals surface area contributed by atoms with Crippen LogP contribution in [0.4, 0.5) is 27.5 Å². The monoisotopic (exact) mass is 1140 g/mol. The molecule has 0 aliphatic carbocycles. The van der Waals surface area contributed by atoms with Gasteiger partial charge in [0.15, 0.2) is 9.84 Å². The molecular weight excluding hydrogens is 1070 g/mol. The molecule has 6 aromatic rings. The molecule has 4 aliphatic rings. The maximum Gasteiger partial charge on any atom is 0.274 e. The van der Waals surface area contributed by atoms with Crippen LogP contribution in [-0.2, 0) is 33.5 Å². The Hall–Kier alpha value is -6.92. The second-order valence-corrected chi connectivity index (χ2v) is 27.0. The molecule has 8 heterocycles. The third-order valence-corrected chi connectivity index (χ3v) is 19.4. The number of benzene rings is 2. The second kappa shape index (κ2) is 23.4. The first kappa shape index (κ1) is 58.3. The van der Waals surface area contributed by atoms with Crippen LogP contribution in [0.2, 0.25) is 0 Å². The summed E-state index contributed by atoms with van der Waals surface area (Å²) < 4.78 is 48.6. The molecule has 0 spiro atoms. The van der Waals surface area contributed by atoms with Crippen molar-refractivity contribution >= 4 is 55.7 Å². The lowest BCUT2D eigenvalue weighted by molar-refractivity contribution is -0.120. The van der Waals surface area contributed by atoms with Crippen LogP contribution in [0.5, 0.6) is 5.75 Å². The number of pyridine rings is 1. The van der Waals surface area contributed by atoms with Crippen LogP contribution < -0.4 is 30.7 Å². The van der Waals surface area contributed by atoms with E-state index < -0.39 is 20.0 Å². The summed E-state index contributed by atoms with van der Waals surface area (Å²) in [7, 11) is -2.06. The van der Waals surface area contributed by atoms with E-state index in [4.69, 9.17) is 9.72 Å². The first-order valence-corrected chi connectivity index (χ1v) is 30.0. The van der Waals surface area contributed by atoms with Gasteiger partial charge < -0.3 is 34.6 Å². The molecule has 0 bridgehead atoms. The number of fused-ring (bicyclic) bond motifs is 2. The number of ether oxygens (including phenoxy) is 1. The first-order chi connectivity index (χ1) is 38.9. The van der Waals surface area contributed by atoms with Gasteiger partial charge >= 0.3 is 0 Å². The van der Waals surface area contributed by atoms with Gasteiger partial charge in [0.2, 0.25) is 5.91 Å². The number of amides is 2. The van der Waals surface area contributed by atoms with Crippen LogP contribution in [-0.4, -0.2) is 189 Å². The van der Waals surface area contributed by atoms with Crippen molar-refractivity contribution in [3.05, 3.63) is 111 Å². The number of aryl methyl sites for hydroxylation is 1. The van der Waals surface area contributed by atoms with Crippen molar-refractivity contribution in [1.29, 1.82) is 0 Å². The molecule has 1 unspecified atom stereocenters. The number of anilines is 4. The molecule has 2 aromatic carbocycles. The molecule has 4 aliphatic heterocycles. The van der Waals surface area contributed by atoms with E-state index in [9.17, 15) is 27.2 Å². The summed E-state index contributed by atoms with van der Waals surface area (Å²) in [5, 5.41) is 14.7. The van der Waals surface area contributed by atoms with E-state index in [0.29, 0.717) is 85.9 Å². The van der Waals surface area contributed by atoms with Crippen LogP contribution in [0.1, 0.15) is 93.5 Å². The smallest absolute Gasteiger partial charge is 0.274 e. The summed E-state index contributed by atoms with van der Waals surface area (Å²) >= 11 is 0. The number of nitrogens with zero attached hydrogens (tertiary/aromatic N) is 12. The predicted octanol–water partition coefficient (Wildman–Crippen LogP) is 5.23. The van der Waals surface area contributed by atoms with Crippen molar-refractivity contribution in [3.8, 4) is 5.75 Å². The Morgan fingerprint density at radius 1 is 0.927 bits per heavy atom. The Balaban J connectivity index is 0.701. The quantitative estimate of drug-likeness (QED) is 0.106. The number of aromatic nitrogens is 7. The molecule has 4 aromatic heterocycles. The molecule has 0 radical (unpaired) electrons. The molecule has 3 fully saturated rings. The van der Waals surface area contributed by atoms with Gasteiger partial charge in [0.25, 0.3) is 11.5 Å². The molecule has 2 amide bonds. The van der Waals surface area contributed by atoms with Gasteiger partial charge in [-0.2, -0.15) is 5.10 Å². The SMILES string of the molecule is Cc1n[nH]c(Nc2ncnc3cc(OCCCN4CCN(C(=O)c5cnc(N6CCN(C[C@H]7CN[C@H](C)CN7CC(=O)N7CC(C)(C)c8c7cc(Cc7ccc(F)cc7)c(=O)n8C)C(C)C6)cn5)CC4)c(S(=O)(=O)C(C)(C)C)cc23)c1C. The Bertz CT molecular complexity index is 3510. The van der Waals surface area contributed by atoms with Gasteiger partial charge in [-0.3, -0.25) is 34.2 Å². The van der Waals surface area contributed by atoms with Crippen LogP contribution >= 0.6 is 0 Å². The lowest BCUT2D eigenvalue weighted by Crippen LogP contribution is -2.63. The summed E-state index contributed by atoms with van der Waals surface area (Å²) in [4.78, 5) is 73.2. The largest absolute Gasteiger partial charge is 0.492 e. The number of hydrogen-bond acceptors (Lipinski definition) is 17. The minimum atomic E-state index is -3.84. The third-order valence-electron chi connectivity index (χ3n) is 16.8. The predicted molar refractivity (Wildman–Crippen MR) is 315 cm³/mol. The maximum atomic E-state index is 14.5. The van der Waals surface area contributed by atoms with Gasteiger partial charge in [-0.05, 0) is 84.7 Å². The number of hydrogen-bond donors (Lipinski definition) is 3. The zero-order chi connectivity index (χ0) is 58.4. The number of H-pyrrole nitrogens is 1. The first-order valence-electron chi connectivity index (χ1n) is 28.5. The van der Waals surface area contributed by atoms with E-state index in [1.807, 2.05) is 29.7 Å². The molecule has 438 valence electrons. The van der Waals surface area contributed by atoms with Crippen LogP contribution in [0.3, 0.4) is 0 Å². The van der Waals surface area contributed by atoms with Crippen LogP contribution in [0.25, 0.3) is 10.9 Å². The fourth-order valence-electron chi connectivity index (χ4n) is 11.9. The topological polar surface area (TPSA) is 223 Å². The zero-order valence-corrected chi connectivity index (χ0v) is 49.7. The van der Waals surface area contributed by atoms with Gasteiger partial charge in [0.05, 0.1) is 52.9 Å². The number of carbonyl (C=O) groups excluding carboxylic acids is 2. The van der Waals surface area contributed by atoms with E-state index >= 15 is 0 Å². The highest BCUT2D eigenvalue weighted by Gasteiger charge is 2.43. The number of nitrogens with one attached hydrogen (secondary N) is 3. The van der Waals surface area contributed by atoms with E-state index in [0.717, 1.165) is 73.3 Å². The lowest BCUT2D eigenvalue weighted by atomic mass is 9.90. The van der Waals surface area contributed by atoms with Crippen molar-refractivity contribution in [3.63, 3.8) is 0 Å². The molecule has 3 N–H and O–H groups in total. The molecule has 3 saturated heterocycles. The van der Waals surface area contributed by atoms with E-state index in [1.54, 1.807) is 69.0 Å². The summed E-state index contributed by atoms with van der Waals surface area (Å²) in [5.41, 5.74) is 5.05. The van der Waals surface area contributed by atoms with Crippen molar-refractivity contribution in [2.24, 2.45) is 7.05 Å². The van der Waals surface area contributed by atoms with Gasteiger partial charge in [-0.1, -0.05) is 26.0 Å². The van der Waals surface area contributed by atoms with Crippen molar-refractivity contribution < 1.29 is 27.1 Å². The van der Waals surface area contributed by atoms with E-state index in [-0.39, 0.29) is 65.1 Å². The summed E-state index contributed by atoms with van der Waals surface area (Å²) in [5.74, 6) is 1.58.